The molecule has 3 N–H and O–H groups in total. The Hall–Kier alpha value is -3.08. The van der Waals surface area contributed by atoms with E-state index in [1.54, 1.807) is 24.3 Å². The summed E-state index contributed by atoms with van der Waals surface area (Å²) in [5.41, 5.74) is 6.37. The van der Waals surface area contributed by atoms with Gasteiger partial charge in [-0.3, -0.25) is 14.1 Å². The highest BCUT2D eigenvalue weighted by atomic mass is 19.4. The molecular weight excluding hydrogens is 429 g/mol. The number of ketones is 1. The van der Waals surface area contributed by atoms with Crippen molar-refractivity contribution in [2.24, 2.45) is 11.7 Å². The van der Waals surface area contributed by atoms with Crippen molar-refractivity contribution in [2.75, 3.05) is 11.9 Å². The Morgan fingerprint density at radius 1 is 1.16 bits per heavy atom. The maximum atomic E-state index is 13.1. The van der Waals surface area contributed by atoms with Crippen LogP contribution in [0.2, 0.25) is 0 Å². The van der Waals surface area contributed by atoms with Crippen molar-refractivity contribution >= 4 is 34.4 Å². The number of nitrogens with one attached hydrogen (secondary N) is 1. The van der Waals surface area contributed by atoms with Gasteiger partial charge < -0.3 is 16.0 Å². The van der Waals surface area contributed by atoms with Crippen LogP contribution in [0.5, 0.6) is 0 Å². The number of amides is 3. The number of hydrogen-bond donors (Lipinski definition) is 2. The predicted octanol–water partition coefficient (Wildman–Crippen LogP) is 3.84. The lowest BCUT2D eigenvalue weighted by Gasteiger charge is -2.26. The van der Waals surface area contributed by atoms with Crippen molar-refractivity contribution in [1.29, 1.82) is 0 Å². The van der Waals surface area contributed by atoms with E-state index < -0.39 is 31.1 Å². The van der Waals surface area contributed by atoms with Gasteiger partial charge >= 0.3 is 18.4 Å². The summed E-state index contributed by atoms with van der Waals surface area (Å²) in [6, 6.07) is 5.21. The number of unbranched alkanes of at least 4 members (excludes halogenated alkanes) is 1. The molecule has 3 amide bonds. The molecule has 8 nitrogen and oxygen atoms in total. The number of anilines is 1. The van der Waals surface area contributed by atoms with E-state index in [1.807, 2.05) is 0 Å². The number of Topliss-reactive ketones (excluding diaryl/α,β-unsaturated/α-hetero) is 1. The average molecular weight is 452 g/mol. The van der Waals surface area contributed by atoms with Gasteiger partial charge in [0.05, 0.1) is 23.9 Å². The van der Waals surface area contributed by atoms with Crippen LogP contribution in [-0.4, -0.2) is 52.4 Å². The van der Waals surface area contributed by atoms with E-state index >= 15 is 0 Å². The molecule has 1 saturated heterocycles. The largest absolute Gasteiger partial charge is 0.522 e. The minimum Gasteiger partial charge on any atom is -0.351 e. The number of nitrogens with zero attached hydrogens (tertiary/aromatic N) is 2. The Morgan fingerprint density at radius 3 is 2.62 bits per heavy atom. The molecule has 0 unspecified atom stereocenters. The molecule has 1 aliphatic carbocycles. The molecule has 2 aliphatic rings. The van der Waals surface area contributed by atoms with Crippen LogP contribution < -0.4 is 11.1 Å². The van der Waals surface area contributed by atoms with Crippen LogP contribution in [0.3, 0.4) is 0 Å². The number of urea groups is 1. The van der Waals surface area contributed by atoms with Crippen molar-refractivity contribution in [3.8, 4) is 0 Å². The molecule has 2 aromatic rings. The van der Waals surface area contributed by atoms with Crippen LogP contribution in [0.15, 0.2) is 30.5 Å². The average Bonchev–Trinajstić information content (AvgIpc) is 3.23. The van der Waals surface area contributed by atoms with Gasteiger partial charge in [0.25, 0.3) is 0 Å². The topological polar surface area (TPSA) is 107 Å². The Bertz CT molecular complexity index is 1050. The van der Waals surface area contributed by atoms with E-state index in [2.05, 4.69) is 10.1 Å². The molecule has 3 atom stereocenters. The molecule has 4 rings (SSSR count). The standard InChI is InChI=1S/C21H23F3N4O4/c22-21(23,24)32-8-4-3-7-18(29)17-10-12-9-16(12)28(17)20(31)26-14-11-27(19(25)30)15-6-2-1-5-13(14)15/h1-2,5-6,11-12,16-17H,3-4,7-10H2,(H2,25,30)(H,26,31)/t12-,16-,17+/m1/s1. The second-order valence-electron chi connectivity index (χ2n) is 8.14. The van der Waals surface area contributed by atoms with Crippen LogP contribution in [-0.2, 0) is 9.53 Å². The van der Waals surface area contributed by atoms with Gasteiger partial charge in [0, 0.05) is 24.0 Å². The number of piperidine rings is 1. The fourth-order valence-corrected chi connectivity index (χ4v) is 4.43. The second kappa shape index (κ2) is 8.45. The quantitative estimate of drug-likeness (QED) is 0.623. The second-order valence-corrected chi connectivity index (χ2v) is 8.14. The first-order chi connectivity index (χ1) is 15.2. The number of primary amides is 1. The molecule has 0 spiro atoms. The zero-order valence-corrected chi connectivity index (χ0v) is 17.1. The highest BCUT2D eigenvalue weighted by molar-refractivity contribution is 6.05. The Labute approximate surface area is 181 Å². The Balaban J connectivity index is 1.40. The number of carbonyl (C=O) groups excluding carboxylic acids is 3. The number of hydrogen-bond acceptors (Lipinski definition) is 4. The van der Waals surface area contributed by atoms with Crippen LogP contribution in [0.1, 0.15) is 32.1 Å². The molecule has 2 fully saturated rings. The van der Waals surface area contributed by atoms with Crippen molar-refractivity contribution in [1.82, 2.24) is 9.47 Å². The molecule has 1 aromatic carbocycles. The number of ether oxygens (including phenoxy) is 1. The van der Waals surface area contributed by atoms with Crippen molar-refractivity contribution in [3.05, 3.63) is 30.5 Å². The molecule has 172 valence electrons. The number of alkyl halides is 3. The first-order valence-corrected chi connectivity index (χ1v) is 10.4. The van der Waals surface area contributed by atoms with Crippen LogP contribution in [0, 0.1) is 5.92 Å². The van der Waals surface area contributed by atoms with E-state index in [0.29, 0.717) is 23.0 Å². The highest BCUT2D eigenvalue weighted by Crippen LogP contribution is 2.48. The van der Waals surface area contributed by atoms with Crippen LogP contribution in [0.4, 0.5) is 28.4 Å². The van der Waals surface area contributed by atoms with E-state index in [9.17, 15) is 27.6 Å². The summed E-state index contributed by atoms with van der Waals surface area (Å²) < 4.78 is 41.0. The van der Waals surface area contributed by atoms with Crippen LogP contribution >= 0.6 is 0 Å². The normalized spacial score (nSPS) is 22.1. The SMILES string of the molecule is NC(=O)n1cc(NC(=O)N2[C@@H]3C[C@@H]3C[C@H]2C(=O)CCCCOC(F)(F)F)c2ccccc21. The van der Waals surface area contributed by atoms with Gasteiger partial charge in [-0.15, -0.1) is 13.2 Å². The summed E-state index contributed by atoms with van der Waals surface area (Å²) in [5.74, 6) is 0.0918. The molecule has 2 heterocycles. The maximum absolute atomic E-state index is 13.1. The lowest BCUT2D eigenvalue weighted by Crippen LogP contribution is -2.45. The number of fused-ring (bicyclic) bond motifs is 2. The Morgan fingerprint density at radius 2 is 1.91 bits per heavy atom. The van der Waals surface area contributed by atoms with Gasteiger partial charge in [0.1, 0.15) is 0 Å². The van der Waals surface area contributed by atoms with Crippen molar-refractivity contribution in [3.63, 3.8) is 0 Å². The Kier molecular flexibility index (Phi) is 5.85. The number of para-hydroxylation sites is 1. The fraction of sp³-hybridized carbons (Fsp3) is 0.476. The third kappa shape index (κ3) is 4.57. The van der Waals surface area contributed by atoms with Gasteiger partial charge in [0.2, 0.25) is 0 Å². The predicted molar refractivity (Wildman–Crippen MR) is 109 cm³/mol. The van der Waals surface area contributed by atoms with E-state index in [0.717, 1.165) is 6.42 Å². The van der Waals surface area contributed by atoms with Gasteiger partial charge in [-0.25, -0.2) is 9.59 Å². The maximum Gasteiger partial charge on any atom is 0.522 e. The smallest absolute Gasteiger partial charge is 0.351 e. The lowest BCUT2D eigenvalue weighted by molar-refractivity contribution is -0.324. The summed E-state index contributed by atoms with van der Waals surface area (Å²) in [7, 11) is 0. The van der Waals surface area contributed by atoms with E-state index in [-0.39, 0.29) is 37.0 Å². The molecule has 11 heteroatoms. The zero-order valence-electron chi connectivity index (χ0n) is 17.1. The van der Waals surface area contributed by atoms with Gasteiger partial charge in [-0.2, -0.15) is 0 Å². The lowest BCUT2D eigenvalue weighted by atomic mass is 10.0. The minimum atomic E-state index is -4.68. The molecule has 32 heavy (non-hydrogen) atoms. The molecule has 1 aliphatic heterocycles. The molecular formula is C21H23F3N4O4. The summed E-state index contributed by atoms with van der Waals surface area (Å²) in [6.07, 6.45) is -1.42. The number of aromatic nitrogens is 1. The number of halogens is 3. The minimum absolute atomic E-state index is 0.0259. The number of nitrogens with two attached hydrogens (primary N) is 1. The summed E-state index contributed by atoms with van der Waals surface area (Å²) in [6.45, 7) is -0.499. The summed E-state index contributed by atoms with van der Waals surface area (Å²) >= 11 is 0. The van der Waals surface area contributed by atoms with Crippen molar-refractivity contribution in [2.45, 2.75) is 50.6 Å². The monoisotopic (exact) mass is 452 g/mol. The third-order valence-electron chi connectivity index (χ3n) is 5.98. The van der Waals surface area contributed by atoms with Crippen LogP contribution in [0.25, 0.3) is 10.9 Å². The summed E-state index contributed by atoms with van der Waals surface area (Å²) in [4.78, 5) is 39.0. The van der Waals surface area contributed by atoms with Gasteiger partial charge in [-0.05, 0) is 37.7 Å². The molecule has 0 bridgehead atoms. The fourth-order valence-electron chi connectivity index (χ4n) is 4.43. The third-order valence-corrected chi connectivity index (χ3v) is 5.98. The van der Waals surface area contributed by atoms with Crippen molar-refractivity contribution < 1.29 is 32.3 Å². The number of benzene rings is 1. The zero-order chi connectivity index (χ0) is 23.0. The van der Waals surface area contributed by atoms with Gasteiger partial charge in [-0.1, -0.05) is 18.2 Å². The summed E-state index contributed by atoms with van der Waals surface area (Å²) in [5, 5.41) is 3.44. The molecule has 0 radical (unpaired) electrons. The molecule has 1 aromatic heterocycles. The number of rotatable bonds is 7. The van der Waals surface area contributed by atoms with E-state index in [1.165, 1.54) is 15.7 Å². The van der Waals surface area contributed by atoms with Gasteiger partial charge in [0.15, 0.2) is 5.78 Å². The molecule has 1 saturated carbocycles. The number of carbonyl (C=O) groups is 3. The van der Waals surface area contributed by atoms with E-state index in [4.69, 9.17) is 5.73 Å². The first-order valence-electron chi connectivity index (χ1n) is 10.4. The highest BCUT2D eigenvalue weighted by Gasteiger charge is 2.55. The number of likely N-dealkylation sites (tertiary alicyclic amines) is 1. The first kappa shape index (κ1) is 22.1.